The van der Waals surface area contributed by atoms with E-state index in [9.17, 15) is 37.1 Å². The van der Waals surface area contributed by atoms with Gasteiger partial charge in [0.2, 0.25) is 0 Å². The van der Waals surface area contributed by atoms with E-state index in [1.165, 1.54) is 31.4 Å². The van der Waals surface area contributed by atoms with Crippen LogP contribution in [0, 0.1) is 11.8 Å². The van der Waals surface area contributed by atoms with Crippen molar-refractivity contribution >= 4 is 37.9 Å². The average molecular weight is 614 g/mol. The largest absolute Gasteiger partial charge is 0.495 e. The molecule has 1 aliphatic rings. The van der Waals surface area contributed by atoms with Gasteiger partial charge in [-0.05, 0) is 54.6 Å². The zero-order valence-corrected chi connectivity index (χ0v) is 23.3. The molecule has 0 spiro atoms. The summed E-state index contributed by atoms with van der Waals surface area (Å²) in [4.78, 5) is 1.05. The van der Waals surface area contributed by atoms with Gasteiger partial charge in [-0.15, -0.1) is 0 Å². The minimum Gasteiger partial charge on any atom is -0.495 e. The number of aromatic nitrogens is 1. The molecule has 7 N–H and O–H groups in total. The van der Waals surface area contributed by atoms with Crippen molar-refractivity contribution in [3.63, 3.8) is 0 Å². The van der Waals surface area contributed by atoms with Gasteiger partial charge >= 0.3 is 12.3 Å². The summed E-state index contributed by atoms with van der Waals surface area (Å²) in [6, 6.07) is 9.92. The number of likely N-dealkylation sites (tertiary alicyclic amines) is 1. The monoisotopic (exact) mass is 613 g/mol. The molecular weight excluding hydrogens is 582 g/mol. The number of fused-ring (bicyclic) bond motifs is 1. The molecule has 42 heavy (non-hydrogen) atoms. The number of aliphatic hydroxyl groups is 3. The lowest BCUT2D eigenvalue weighted by Crippen LogP contribution is -2.57. The number of halogens is 4. The van der Waals surface area contributed by atoms with Crippen LogP contribution in [-0.4, -0.2) is 86.1 Å². The zero-order chi connectivity index (χ0) is 30.9. The van der Waals surface area contributed by atoms with E-state index in [0.717, 1.165) is 9.47 Å². The molecule has 1 fully saturated rings. The van der Waals surface area contributed by atoms with E-state index in [1.807, 2.05) is 0 Å². The van der Waals surface area contributed by atoms with Crippen molar-refractivity contribution < 1.29 is 41.8 Å². The molecule has 1 saturated heterocycles. The standard InChI is InChI=1S/C27H31F4N5O5S/c1-41-25-14-18(42(2,32)40)8-9-23(25)33-11-4-5-17-13-19-21(6-3-7-24(19)36(17)16-26(29,30)31)34-22-10-12-35(15-20(22)28)27(37,38)39/h3,6-9,13-14,20,22,33-34,37-39H,2,10-12,15-16H2,1H3,(H2,32,40). The highest BCUT2D eigenvalue weighted by Gasteiger charge is 2.38. The molecule has 0 bridgehead atoms. The first-order valence-electron chi connectivity index (χ1n) is 12.6. The minimum absolute atomic E-state index is 0.0287. The van der Waals surface area contributed by atoms with Crippen LogP contribution in [0.1, 0.15) is 12.1 Å². The van der Waals surface area contributed by atoms with Crippen molar-refractivity contribution in [2.75, 3.05) is 37.4 Å². The van der Waals surface area contributed by atoms with Crippen LogP contribution in [0.3, 0.4) is 0 Å². The number of alkyl halides is 4. The van der Waals surface area contributed by atoms with E-state index >= 15 is 0 Å². The van der Waals surface area contributed by atoms with Crippen molar-refractivity contribution in [2.45, 2.75) is 42.3 Å². The minimum atomic E-state index is -4.54. The first kappa shape index (κ1) is 31.4. The molecule has 10 nitrogen and oxygen atoms in total. The van der Waals surface area contributed by atoms with Crippen LogP contribution >= 0.6 is 0 Å². The summed E-state index contributed by atoms with van der Waals surface area (Å²) in [5, 5.41) is 40.0. The fourth-order valence-corrected chi connectivity index (χ4v) is 5.31. The highest BCUT2D eigenvalue weighted by Crippen LogP contribution is 2.32. The summed E-state index contributed by atoms with van der Waals surface area (Å²) in [6.45, 7) is -1.78. The zero-order valence-electron chi connectivity index (χ0n) is 22.5. The normalized spacial score (nSPS) is 19.5. The molecule has 2 aromatic carbocycles. The van der Waals surface area contributed by atoms with Gasteiger partial charge in [-0.2, -0.15) is 13.2 Å². The molecule has 228 valence electrons. The quantitative estimate of drug-likeness (QED) is 0.0981. The van der Waals surface area contributed by atoms with Gasteiger partial charge in [0.05, 0.1) is 46.3 Å². The van der Waals surface area contributed by atoms with Crippen LogP contribution < -0.4 is 20.5 Å². The summed E-state index contributed by atoms with van der Waals surface area (Å²) < 4.78 is 73.8. The third-order valence-electron chi connectivity index (χ3n) is 6.75. The number of benzene rings is 2. The van der Waals surface area contributed by atoms with Gasteiger partial charge in [0.25, 0.3) is 0 Å². The highest BCUT2D eigenvalue weighted by atomic mass is 32.2. The number of methoxy groups -OCH3 is 1. The lowest BCUT2D eigenvalue weighted by atomic mass is 10.0. The molecular formula is C27H31F4N5O5S. The van der Waals surface area contributed by atoms with E-state index in [2.05, 4.69) is 28.3 Å². The molecule has 3 unspecified atom stereocenters. The predicted octanol–water partition coefficient (Wildman–Crippen LogP) is 2.04. The van der Waals surface area contributed by atoms with Crippen LogP contribution in [0.25, 0.3) is 10.9 Å². The van der Waals surface area contributed by atoms with E-state index in [0.29, 0.717) is 22.5 Å². The van der Waals surface area contributed by atoms with Crippen molar-refractivity contribution in [2.24, 2.45) is 5.14 Å². The van der Waals surface area contributed by atoms with E-state index < -0.39 is 47.3 Å². The summed E-state index contributed by atoms with van der Waals surface area (Å²) in [5.41, 5.74) is 1.19. The van der Waals surface area contributed by atoms with Gasteiger partial charge in [-0.25, -0.2) is 13.5 Å². The number of hydrogen-bond donors (Lipinski definition) is 6. The third-order valence-corrected chi connectivity index (χ3v) is 7.80. The number of nitrogens with one attached hydrogen (secondary N) is 2. The van der Waals surface area contributed by atoms with Gasteiger partial charge < -0.3 is 35.3 Å². The Balaban J connectivity index is 1.59. The SMILES string of the molecule is C=S(N)(=O)c1ccc(NCC#Cc2cc3c(NC4CCN(C(O)(O)O)CC4F)cccc3n2CC(F)(F)F)c(OC)c1. The Bertz CT molecular complexity index is 1610. The molecule has 0 radical (unpaired) electrons. The smallest absolute Gasteiger partial charge is 0.406 e. The van der Waals surface area contributed by atoms with Crippen molar-refractivity contribution in [1.82, 2.24) is 9.47 Å². The lowest BCUT2D eigenvalue weighted by Gasteiger charge is -2.38. The first-order chi connectivity index (χ1) is 19.6. The molecule has 3 aromatic rings. The van der Waals surface area contributed by atoms with Gasteiger partial charge in [0.15, 0.2) is 0 Å². The van der Waals surface area contributed by atoms with E-state index in [1.54, 1.807) is 18.2 Å². The maximum atomic E-state index is 14.8. The van der Waals surface area contributed by atoms with Gasteiger partial charge in [0.1, 0.15) is 18.5 Å². The summed E-state index contributed by atoms with van der Waals surface area (Å²) in [5.74, 6) is 9.34. The van der Waals surface area contributed by atoms with E-state index in [4.69, 9.17) is 9.88 Å². The summed E-state index contributed by atoms with van der Waals surface area (Å²) >= 11 is 0. The number of nitrogens with zero attached hydrogens (tertiary/aromatic N) is 2. The Morgan fingerprint density at radius 3 is 2.55 bits per heavy atom. The maximum Gasteiger partial charge on any atom is 0.406 e. The van der Waals surface area contributed by atoms with Gasteiger partial charge in [-0.1, -0.05) is 12.0 Å². The molecule has 15 heteroatoms. The second-order valence-electron chi connectivity index (χ2n) is 9.81. The van der Waals surface area contributed by atoms with Gasteiger partial charge in [0, 0.05) is 29.1 Å². The number of anilines is 2. The number of ether oxygens (including phenoxy) is 1. The molecule has 1 aliphatic heterocycles. The molecule has 0 aliphatic carbocycles. The Morgan fingerprint density at radius 1 is 1.19 bits per heavy atom. The molecule has 2 heterocycles. The molecule has 0 amide bonds. The first-order valence-corrected chi connectivity index (χ1v) is 14.4. The Kier molecular flexibility index (Phi) is 8.97. The maximum absolute atomic E-state index is 14.8. The lowest BCUT2D eigenvalue weighted by molar-refractivity contribution is -0.397. The summed E-state index contributed by atoms with van der Waals surface area (Å²) in [7, 11) is -1.55. The molecule has 3 atom stereocenters. The van der Waals surface area contributed by atoms with Crippen molar-refractivity contribution in [1.29, 1.82) is 0 Å². The summed E-state index contributed by atoms with van der Waals surface area (Å²) in [6.07, 6.45) is -9.22. The second-order valence-corrected chi connectivity index (χ2v) is 11.7. The Labute approximate surface area is 239 Å². The number of nitrogens with two attached hydrogens (primary N) is 1. The van der Waals surface area contributed by atoms with E-state index in [-0.39, 0.29) is 35.6 Å². The van der Waals surface area contributed by atoms with Gasteiger partial charge in [-0.3, -0.25) is 5.14 Å². The Morgan fingerprint density at radius 2 is 1.93 bits per heavy atom. The van der Waals surface area contributed by atoms with Crippen LogP contribution in [0.4, 0.5) is 28.9 Å². The number of piperidine rings is 1. The van der Waals surface area contributed by atoms with Crippen LogP contribution in [-0.2, 0) is 16.3 Å². The van der Waals surface area contributed by atoms with Crippen LogP contribution in [0.15, 0.2) is 47.4 Å². The fourth-order valence-electron chi connectivity index (χ4n) is 4.71. The topological polar surface area (TPSA) is 145 Å². The predicted molar refractivity (Wildman–Crippen MR) is 152 cm³/mol. The Hall–Kier alpha value is -3.52. The number of hydrogen-bond acceptors (Lipinski definition) is 8. The van der Waals surface area contributed by atoms with Crippen molar-refractivity contribution in [3.05, 3.63) is 48.2 Å². The number of rotatable bonds is 8. The average Bonchev–Trinajstić information content (AvgIpc) is 3.23. The molecule has 1 aromatic heterocycles. The third kappa shape index (κ3) is 7.46. The van der Waals surface area contributed by atoms with Crippen LogP contribution in [0.5, 0.6) is 5.75 Å². The highest BCUT2D eigenvalue weighted by molar-refractivity contribution is 7.98. The molecule has 0 saturated carbocycles. The fraction of sp³-hybridized carbons (Fsp3) is 0.370. The van der Waals surface area contributed by atoms with Crippen LogP contribution in [0.2, 0.25) is 0 Å². The van der Waals surface area contributed by atoms with Crippen molar-refractivity contribution in [3.8, 4) is 17.6 Å². The molecule has 4 rings (SSSR count). The second kappa shape index (κ2) is 12.0.